The molecule has 0 saturated carbocycles. The van der Waals surface area contributed by atoms with E-state index in [4.69, 9.17) is 9.47 Å². The Morgan fingerprint density at radius 2 is 0.970 bits per heavy atom. The van der Waals surface area contributed by atoms with E-state index < -0.39 is 0 Å². The monoisotopic (exact) mass is 470 g/mol. The Kier molecular flexibility index (Phi) is 21.1. The van der Waals surface area contributed by atoms with Crippen molar-refractivity contribution in [2.24, 2.45) is 0 Å². The Bertz CT molecular complexity index is 511. The van der Waals surface area contributed by atoms with Gasteiger partial charge >= 0.3 is 11.9 Å². The van der Waals surface area contributed by atoms with Gasteiger partial charge in [-0.05, 0) is 53.6 Å². The Morgan fingerprint density at radius 1 is 0.545 bits per heavy atom. The smallest absolute Gasteiger partial charge is 0.305 e. The fraction of sp³-hybridized carbons (Fsp3) is 0.885. The SMILES string of the molecule is CCOC(=O)CCCCCCCCN(CCN(C)C)C(=O)CCCCCCCC(=O)OCC. The molecule has 0 N–H and O–H groups in total. The van der Waals surface area contributed by atoms with Crippen LogP contribution in [0, 0.1) is 0 Å². The van der Waals surface area contributed by atoms with E-state index in [1.165, 1.54) is 0 Å². The number of carbonyl (C=O) groups is 3. The molecule has 0 fully saturated rings. The molecular formula is C26H50N2O5. The van der Waals surface area contributed by atoms with Gasteiger partial charge in [0.2, 0.25) is 5.91 Å². The second kappa shape index (κ2) is 22.2. The number of ether oxygens (including phenoxy) is 2. The summed E-state index contributed by atoms with van der Waals surface area (Å²) in [6, 6.07) is 0. The maximum atomic E-state index is 12.7. The van der Waals surface area contributed by atoms with Crippen molar-refractivity contribution in [2.45, 2.75) is 104 Å². The van der Waals surface area contributed by atoms with Crippen LogP contribution in [0.4, 0.5) is 0 Å². The van der Waals surface area contributed by atoms with E-state index in [9.17, 15) is 14.4 Å². The van der Waals surface area contributed by atoms with Gasteiger partial charge in [-0.3, -0.25) is 14.4 Å². The quantitative estimate of drug-likeness (QED) is 0.164. The second-order valence-corrected chi connectivity index (χ2v) is 8.93. The van der Waals surface area contributed by atoms with Gasteiger partial charge in [0.1, 0.15) is 0 Å². The molecule has 33 heavy (non-hydrogen) atoms. The molecule has 0 radical (unpaired) electrons. The van der Waals surface area contributed by atoms with Crippen molar-refractivity contribution < 1.29 is 23.9 Å². The summed E-state index contributed by atoms with van der Waals surface area (Å²) in [6.45, 7) is 7.06. The molecule has 0 aliphatic rings. The zero-order valence-corrected chi connectivity index (χ0v) is 21.9. The third-order valence-corrected chi connectivity index (χ3v) is 5.61. The van der Waals surface area contributed by atoms with E-state index in [1.807, 2.05) is 32.8 Å². The Labute approximate surface area is 202 Å². The van der Waals surface area contributed by atoms with Gasteiger partial charge in [-0.2, -0.15) is 0 Å². The third-order valence-electron chi connectivity index (χ3n) is 5.61. The first-order valence-electron chi connectivity index (χ1n) is 13.1. The van der Waals surface area contributed by atoms with Crippen LogP contribution >= 0.6 is 0 Å². The molecule has 1 amide bonds. The number of esters is 2. The van der Waals surface area contributed by atoms with Crippen LogP contribution in [0.5, 0.6) is 0 Å². The topological polar surface area (TPSA) is 76.2 Å². The number of nitrogens with zero attached hydrogens (tertiary/aromatic N) is 2. The molecule has 0 rings (SSSR count). The molecule has 7 nitrogen and oxygen atoms in total. The lowest BCUT2D eigenvalue weighted by molar-refractivity contribution is -0.144. The molecule has 0 aliphatic heterocycles. The maximum Gasteiger partial charge on any atom is 0.305 e. The molecule has 0 spiro atoms. The van der Waals surface area contributed by atoms with Gasteiger partial charge in [-0.25, -0.2) is 0 Å². The number of amides is 1. The van der Waals surface area contributed by atoms with Gasteiger partial charge in [0, 0.05) is 38.9 Å². The van der Waals surface area contributed by atoms with E-state index in [0.29, 0.717) is 32.5 Å². The second-order valence-electron chi connectivity index (χ2n) is 8.93. The van der Waals surface area contributed by atoms with Crippen LogP contribution in [0.25, 0.3) is 0 Å². The molecular weight excluding hydrogens is 420 g/mol. The highest BCUT2D eigenvalue weighted by Crippen LogP contribution is 2.12. The van der Waals surface area contributed by atoms with Crippen molar-refractivity contribution in [1.29, 1.82) is 0 Å². The molecule has 0 aromatic rings. The number of carbonyl (C=O) groups excluding carboxylic acids is 3. The standard InChI is InChI=1S/C26H50N2O5/c1-5-32-25(30)19-15-11-7-8-13-17-21-28(23-22-27(3)4)24(29)18-14-10-9-12-16-20-26(31)33-6-2/h5-23H2,1-4H3. The largest absolute Gasteiger partial charge is 0.466 e. The molecule has 0 aliphatic carbocycles. The average Bonchev–Trinajstić information content (AvgIpc) is 2.76. The average molecular weight is 471 g/mol. The molecule has 0 heterocycles. The molecule has 7 heteroatoms. The minimum Gasteiger partial charge on any atom is -0.466 e. The molecule has 194 valence electrons. The highest BCUT2D eigenvalue weighted by Gasteiger charge is 2.13. The lowest BCUT2D eigenvalue weighted by Gasteiger charge is -2.24. The van der Waals surface area contributed by atoms with E-state index in [0.717, 1.165) is 90.3 Å². The number of hydrogen-bond donors (Lipinski definition) is 0. The lowest BCUT2D eigenvalue weighted by Crippen LogP contribution is -2.37. The highest BCUT2D eigenvalue weighted by molar-refractivity contribution is 5.76. The van der Waals surface area contributed by atoms with Crippen molar-refractivity contribution in [3.8, 4) is 0 Å². The Hall–Kier alpha value is -1.63. The van der Waals surface area contributed by atoms with Gasteiger partial charge in [0.25, 0.3) is 0 Å². The minimum atomic E-state index is -0.110. The van der Waals surface area contributed by atoms with Crippen molar-refractivity contribution >= 4 is 17.8 Å². The normalized spacial score (nSPS) is 10.9. The molecule has 0 saturated heterocycles. The predicted octanol–water partition coefficient (Wildman–Crippen LogP) is 4.96. The van der Waals surface area contributed by atoms with Gasteiger partial charge < -0.3 is 19.3 Å². The van der Waals surface area contributed by atoms with Gasteiger partial charge in [0.15, 0.2) is 0 Å². The van der Waals surface area contributed by atoms with Crippen LogP contribution in [0.2, 0.25) is 0 Å². The summed E-state index contributed by atoms with van der Waals surface area (Å²) >= 11 is 0. The van der Waals surface area contributed by atoms with Crippen LogP contribution in [0.3, 0.4) is 0 Å². The fourth-order valence-corrected chi connectivity index (χ4v) is 3.66. The first-order valence-corrected chi connectivity index (χ1v) is 13.1. The number of rotatable bonds is 22. The van der Waals surface area contributed by atoms with Crippen LogP contribution in [-0.2, 0) is 23.9 Å². The summed E-state index contributed by atoms with van der Waals surface area (Å²) in [7, 11) is 4.07. The maximum absolute atomic E-state index is 12.7. The van der Waals surface area contributed by atoms with E-state index in [2.05, 4.69) is 4.90 Å². The zero-order valence-electron chi connectivity index (χ0n) is 21.9. The van der Waals surface area contributed by atoms with E-state index in [-0.39, 0.29) is 17.8 Å². The lowest BCUT2D eigenvalue weighted by atomic mass is 10.1. The van der Waals surface area contributed by atoms with E-state index >= 15 is 0 Å². The number of unbranched alkanes of at least 4 members (excludes halogenated alkanes) is 9. The first-order chi connectivity index (χ1) is 15.9. The minimum absolute atomic E-state index is 0.0933. The van der Waals surface area contributed by atoms with Crippen molar-refractivity contribution in [3.05, 3.63) is 0 Å². The first kappa shape index (κ1) is 31.4. The number of likely N-dealkylation sites (N-methyl/N-ethyl adjacent to an activating group) is 1. The van der Waals surface area contributed by atoms with Gasteiger partial charge in [-0.15, -0.1) is 0 Å². The number of hydrogen-bond acceptors (Lipinski definition) is 6. The summed E-state index contributed by atoms with van der Waals surface area (Å²) in [5.41, 5.74) is 0. The molecule has 0 aromatic heterocycles. The summed E-state index contributed by atoms with van der Waals surface area (Å²) < 4.78 is 9.89. The van der Waals surface area contributed by atoms with Crippen LogP contribution in [0.15, 0.2) is 0 Å². The zero-order chi connectivity index (χ0) is 24.7. The molecule has 0 aromatic carbocycles. The fourth-order valence-electron chi connectivity index (χ4n) is 3.66. The molecule has 0 unspecified atom stereocenters. The van der Waals surface area contributed by atoms with Crippen molar-refractivity contribution in [1.82, 2.24) is 9.80 Å². The summed E-state index contributed by atoms with van der Waals surface area (Å²) in [5, 5.41) is 0. The van der Waals surface area contributed by atoms with Crippen LogP contribution < -0.4 is 0 Å². The van der Waals surface area contributed by atoms with Gasteiger partial charge in [-0.1, -0.05) is 44.9 Å². The summed E-state index contributed by atoms with van der Waals surface area (Å²) in [6.07, 6.45) is 12.9. The highest BCUT2D eigenvalue weighted by atomic mass is 16.5. The summed E-state index contributed by atoms with van der Waals surface area (Å²) in [4.78, 5) is 39.5. The third kappa shape index (κ3) is 20.7. The van der Waals surface area contributed by atoms with Gasteiger partial charge in [0.05, 0.1) is 13.2 Å². The predicted molar refractivity (Wildman–Crippen MR) is 133 cm³/mol. The Morgan fingerprint density at radius 3 is 1.42 bits per heavy atom. The molecule has 0 atom stereocenters. The summed E-state index contributed by atoms with van der Waals surface area (Å²) in [5.74, 6) is 0.0583. The Balaban J connectivity index is 3.96. The van der Waals surface area contributed by atoms with Crippen LogP contribution in [0.1, 0.15) is 104 Å². The van der Waals surface area contributed by atoms with Crippen LogP contribution in [-0.4, -0.2) is 74.6 Å². The van der Waals surface area contributed by atoms with Crippen molar-refractivity contribution in [2.75, 3.05) is 46.9 Å². The van der Waals surface area contributed by atoms with Crippen molar-refractivity contribution in [3.63, 3.8) is 0 Å². The molecule has 0 bridgehead atoms. The van der Waals surface area contributed by atoms with E-state index in [1.54, 1.807) is 0 Å².